The van der Waals surface area contributed by atoms with Crippen molar-refractivity contribution in [2.75, 3.05) is 13.7 Å². The fraction of sp³-hybridized carbons (Fsp3) is 0.174. The van der Waals surface area contributed by atoms with Crippen molar-refractivity contribution in [3.8, 4) is 22.8 Å². The SMILES string of the molecule is COc1cc(C(=O)COC(=O)c2ccc(-c3ccccc3)nc2C)ccc1OC(F)F. The number of benzene rings is 2. The molecule has 0 amide bonds. The number of rotatable bonds is 8. The predicted octanol–water partition coefficient (Wildman–Crippen LogP) is 4.71. The van der Waals surface area contributed by atoms with Crippen LogP contribution < -0.4 is 9.47 Å². The predicted molar refractivity (Wildman–Crippen MR) is 109 cm³/mol. The first-order valence-corrected chi connectivity index (χ1v) is 9.25. The van der Waals surface area contributed by atoms with Gasteiger partial charge in [-0.05, 0) is 37.3 Å². The molecular weight excluding hydrogens is 408 g/mol. The van der Waals surface area contributed by atoms with E-state index in [-0.39, 0.29) is 22.6 Å². The van der Waals surface area contributed by atoms with E-state index in [1.165, 1.54) is 25.3 Å². The third kappa shape index (κ3) is 5.42. The molecule has 160 valence electrons. The number of Topliss-reactive ketones (excluding diaryl/α,β-unsaturated/α-hetero) is 1. The molecule has 31 heavy (non-hydrogen) atoms. The van der Waals surface area contributed by atoms with Crippen LogP contribution in [0.1, 0.15) is 26.4 Å². The van der Waals surface area contributed by atoms with Gasteiger partial charge in [-0.15, -0.1) is 0 Å². The largest absolute Gasteiger partial charge is 0.493 e. The van der Waals surface area contributed by atoms with Gasteiger partial charge >= 0.3 is 12.6 Å². The first kappa shape index (κ1) is 21.9. The molecule has 2 aromatic carbocycles. The second kappa shape index (κ2) is 9.80. The Labute approximate surface area is 177 Å². The lowest BCUT2D eigenvalue weighted by Crippen LogP contribution is -2.16. The first-order valence-electron chi connectivity index (χ1n) is 9.25. The van der Waals surface area contributed by atoms with E-state index in [9.17, 15) is 18.4 Å². The van der Waals surface area contributed by atoms with Crippen LogP contribution >= 0.6 is 0 Å². The van der Waals surface area contributed by atoms with Gasteiger partial charge < -0.3 is 14.2 Å². The van der Waals surface area contributed by atoms with E-state index in [2.05, 4.69) is 9.72 Å². The zero-order valence-corrected chi connectivity index (χ0v) is 16.8. The van der Waals surface area contributed by atoms with Gasteiger partial charge in [0.2, 0.25) is 0 Å². The Morgan fingerprint density at radius 1 is 1.00 bits per heavy atom. The van der Waals surface area contributed by atoms with Crippen molar-refractivity contribution in [3.05, 3.63) is 77.5 Å². The highest BCUT2D eigenvalue weighted by Gasteiger charge is 2.18. The number of methoxy groups -OCH3 is 1. The second-order valence-corrected chi connectivity index (χ2v) is 6.44. The lowest BCUT2D eigenvalue weighted by molar-refractivity contribution is -0.0512. The quantitative estimate of drug-likeness (QED) is 0.383. The minimum absolute atomic E-state index is 0.0333. The van der Waals surface area contributed by atoms with E-state index < -0.39 is 25.0 Å². The summed E-state index contributed by atoms with van der Waals surface area (Å²) in [6, 6.07) is 16.5. The molecule has 0 bridgehead atoms. The summed E-state index contributed by atoms with van der Waals surface area (Å²) in [5.41, 5.74) is 2.46. The number of carbonyl (C=O) groups excluding carboxylic acids is 2. The highest BCUT2D eigenvalue weighted by Crippen LogP contribution is 2.29. The summed E-state index contributed by atoms with van der Waals surface area (Å²) in [5, 5.41) is 0. The molecule has 0 fully saturated rings. The van der Waals surface area contributed by atoms with Gasteiger partial charge in [0.1, 0.15) is 0 Å². The van der Waals surface area contributed by atoms with Crippen molar-refractivity contribution >= 4 is 11.8 Å². The van der Waals surface area contributed by atoms with Gasteiger partial charge in [-0.2, -0.15) is 8.78 Å². The molecule has 0 saturated carbocycles. The zero-order chi connectivity index (χ0) is 22.4. The minimum Gasteiger partial charge on any atom is -0.493 e. The highest BCUT2D eigenvalue weighted by atomic mass is 19.3. The summed E-state index contributed by atoms with van der Waals surface area (Å²) < 4.78 is 39.2. The van der Waals surface area contributed by atoms with E-state index in [1.54, 1.807) is 19.1 Å². The molecule has 1 aromatic heterocycles. The summed E-state index contributed by atoms with van der Waals surface area (Å²) in [4.78, 5) is 29.2. The molecule has 0 saturated heterocycles. The van der Waals surface area contributed by atoms with Crippen molar-refractivity contribution in [1.29, 1.82) is 0 Å². The number of ketones is 1. The van der Waals surface area contributed by atoms with Crippen LogP contribution in [0.15, 0.2) is 60.7 Å². The number of hydrogen-bond donors (Lipinski definition) is 0. The molecule has 0 aliphatic carbocycles. The third-order valence-electron chi connectivity index (χ3n) is 4.41. The van der Waals surface area contributed by atoms with Crippen molar-refractivity contribution in [3.63, 3.8) is 0 Å². The van der Waals surface area contributed by atoms with Crippen LogP contribution in [0, 0.1) is 6.92 Å². The summed E-state index contributed by atoms with van der Waals surface area (Å²) in [7, 11) is 1.26. The van der Waals surface area contributed by atoms with Gasteiger partial charge in [0.15, 0.2) is 23.9 Å². The molecule has 0 aliphatic heterocycles. The number of ether oxygens (including phenoxy) is 3. The smallest absolute Gasteiger partial charge is 0.387 e. The fourth-order valence-electron chi connectivity index (χ4n) is 2.87. The molecule has 0 N–H and O–H groups in total. The lowest BCUT2D eigenvalue weighted by Gasteiger charge is -2.11. The number of aromatic nitrogens is 1. The monoisotopic (exact) mass is 427 g/mol. The van der Waals surface area contributed by atoms with Crippen LogP contribution in [-0.4, -0.2) is 37.1 Å². The molecule has 3 aromatic rings. The van der Waals surface area contributed by atoms with Crippen molar-refractivity contribution in [1.82, 2.24) is 4.98 Å². The number of aryl methyl sites for hydroxylation is 1. The maximum Gasteiger partial charge on any atom is 0.387 e. The van der Waals surface area contributed by atoms with E-state index in [0.29, 0.717) is 11.4 Å². The van der Waals surface area contributed by atoms with Gasteiger partial charge in [-0.25, -0.2) is 4.79 Å². The third-order valence-corrected chi connectivity index (χ3v) is 4.41. The molecule has 0 aliphatic rings. The molecule has 0 radical (unpaired) electrons. The number of esters is 1. The van der Waals surface area contributed by atoms with Gasteiger partial charge in [0, 0.05) is 11.1 Å². The normalized spacial score (nSPS) is 10.6. The number of carbonyl (C=O) groups is 2. The molecule has 8 heteroatoms. The molecule has 0 atom stereocenters. The Hall–Kier alpha value is -3.81. The number of pyridine rings is 1. The first-order chi connectivity index (χ1) is 14.9. The summed E-state index contributed by atoms with van der Waals surface area (Å²) >= 11 is 0. The zero-order valence-electron chi connectivity index (χ0n) is 16.8. The Balaban J connectivity index is 1.67. The van der Waals surface area contributed by atoms with E-state index >= 15 is 0 Å². The van der Waals surface area contributed by atoms with Crippen molar-refractivity contribution < 1.29 is 32.6 Å². The number of hydrogen-bond acceptors (Lipinski definition) is 6. The van der Waals surface area contributed by atoms with Crippen LogP contribution in [0.2, 0.25) is 0 Å². The Kier molecular flexibility index (Phi) is 6.92. The van der Waals surface area contributed by atoms with E-state index in [4.69, 9.17) is 9.47 Å². The van der Waals surface area contributed by atoms with E-state index in [0.717, 1.165) is 5.56 Å². The Bertz CT molecular complexity index is 1090. The molecule has 0 spiro atoms. The number of nitrogens with zero attached hydrogens (tertiary/aromatic N) is 1. The van der Waals surface area contributed by atoms with Crippen LogP contribution in [0.25, 0.3) is 11.3 Å². The minimum atomic E-state index is -3.03. The molecule has 0 unspecified atom stereocenters. The molecule has 6 nitrogen and oxygen atoms in total. The Morgan fingerprint density at radius 2 is 1.74 bits per heavy atom. The maximum atomic E-state index is 12.4. The highest BCUT2D eigenvalue weighted by molar-refractivity contribution is 6.00. The molecule has 3 rings (SSSR count). The maximum absolute atomic E-state index is 12.4. The second-order valence-electron chi connectivity index (χ2n) is 6.44. The number of halogens is 2. The topological polar surface area (TPSA) is 74.7 Å². The van der Waals surface area contributed by atoms with Crippen molar-refractivity contribution in [2.45, 2.75) is 13.5 Å². The van der Waals surface area contributed by atoms with Gasteiger partial charge in [-0.1, -0.05) is 30.3 Å². The lowest BCUT2D eigenvalue weighted by atomic mass is 10.1. The number of alkyl halides is 2. The van der Waals surface area contributed by atoms with Gasteiger partial charge in [0.05, 0.1) is 24.1 Å². The molecular formula is C23H19F2NO5. The van der Waals surface area contributed by atoms with Crippen molar-refractivity contribution in [2.24, 2.45) is 0 Å². The standard InChI is InChI=1S/C23H19F2NO5/c1-14-17(9-10-18(26-14)15-6-4-3-5-7-15)22(28)30-13-19(27)16-8-11-20(31-23(24)25)21(12-16)29-2/h3-12,23H,13H2,1-2H3. The summed E-state index contributed by atoms with van der Waals surface area (Å²) in [6.07, 6.45) is 0. The van der Waals surface area contributed by atoms with Gasteiger partial charge in [0.25, 0.3) is 0 Å². The van der Waals surface area contributed by atoms with Crippen LogP contribution in [0.4, 0.5) is 8.78 Å². The van der Waals surface area contributed by atoms with Crippen LogP contribution in [-0.2, 0) is 4.74 Å². The van der Waals surface area contributed by atoms with Gasteiger partial charge in [-0.3, -0.25) is 9.78 Å². The summed E-state index contributed by atoms with van der Waals surface area (Å²) in [6.45, 7) is -1.88. The Morgan fingerprint density at radius 3 is 2.39 bits per heavy atom. The van der Waals surface area contributed by atoms with Crippen LogP contribution in [0.3, 0.4) is 0 Å². The molecule has 1 heterocycles. The van der Waals surface area contributed by atoms with E-state index in [1.807, 2.05) is 30.3 Å². The average molecular weight is 427 g/mol. The summed E-state index contributed by atoms with van der Waals surface area (Å²) in [5.74, 6) is -1.45. The fourth-order valence-corrected chi connectivity index (χ4v) is 2.87. The average Bonchev–Trinajstić information content (AvgIpc) is 2.77. The van der Waals surface area contributed by atoms with Crippen LogP contribution in [0.5, 0.6) is 11.5 Å².